The summed E-state index contributed by atoms with van der Waals surface area (Å²) >= 11 is 6.18. The number of pyridine rings is 1. The molecule has 0 amide bonds. The van der Waals surface area contributed by atoms with Gasteiger partial charge in [0.2, 0.25) is 0 Å². The Labute approximate surface area is 116 Å². The van der Waals surface area contributed by atoms with Crippen LogP contribution in [0.25, 0.3) is 0 Å². The van der Waals surface area contributed by atoms with Gasteiger partial charge in [-0.05, 0) is 43.4 Å². The molecule has 0 spiro atoms. The maximum atomic E-state index is 6.18. The largest absolute Gasteiger partial charge is 0.314 e. The van der Waals surface area contributed by atoms with Crippen molar-refractivity contribution in [2.75, 3.05) is 6.54 Å². The van der Waals surface area contributed by atoms with E-state index in [9.17, 15) is 0 Å². The summed E-state index contributed by atoms with van der Waals surface area (Å²) in [7, 11) is 0. The van der Waals surface area contributed by atoms with E-state index in [0.29, 0.717) is 6.04 Å². The summed E-state index contributed by atoms with van der Waals surface area (Å²) in [6.45, 7) is 7.84. The molecule has 2 atom stereocenters. The van der Waals surface area contributed by atoms with Gasteiger partial charge in [-0.2, -0.15) is 0 Å². The molecular formula is C15H25ClN2. The summed E-state index contributed by atoms with van der Waals surface area (Å²) in [5.41, 5.74) is 1.20. The first-order chi connectivity index (χ1) is 8.67. The van der Waals surface area contributed by atoms with E-state index in [1.165, 1.54) is 24.8 Å². The van der Waals surface area contributed by atoms with Crippen LogP contribution in [0.2, 0.25) is 5.02 Å². The minimum atomic E-state index is 0.514. The quantitative estimate of drug-likeness (QED) is 0.768. The Hall–Kier alpha value is -0.600. The number of aromatic nitrogens is 1. The second-order valence-electron chi connectivity index (χ2n) is 5.07. The van der Waals surface area contributed by atoms with E-state index in [0.717, 1.165) is 23.9 Å². The number of hydrogen-bond donors (Lipinski definition) is 1. The van der Waals surface area contributed by atoms with Gasteiger partial charge in [-0.25, -0.2) is 0 Å². The Morgan fingerprint density at radius 3 is 2.78 bits per heavy atom. The molecule has 0 saturated heterocycles. The van der Waals surface area contributed by atoms with E-state index in [-0.39, 0.29) is 0 Å². The highest BCUT2D eigenvalue weighted by Gasteiger charge is 2.13. The number of hydrogen-bond acceptors (Lipinski definition) is 2. The summed E-state index contributed by atoms with van der Waals surface area (Å²) in [5, 5.41) is 4.41. The molecule has 18 heavy (non-hydrogen) atoms. The first-order valence-corrected chi connectivity index (χ1v) is 7.36. The molecule has 0 radical (unpaired) electrons. The van der Waals surface area contributed by atoms with Crippen LogP contribution in [0.3, 0.4) is 0 Å². The monoisotopic (exact) mass is 268 g/mol. The lowest BCUT2D eigenvalue weighted by molar-refractivity contribution is 0.391. The van der Waals surface area contributed by atoms with E-state index in [4.69, 9.17) is 11.6 Å². The highest BCUT2D eigenvalue weighted by atomic mass is 35.5. The van der Waals surface area contributed by atoms with Crippen molar-refractivity contribution in [3.63, 3.8) is 0 Å². The first-order valence-electron chi connectivity index (χ1n) is 6.99. The van der Waals surface area contributed by atoms with Gasteiger partial charge in [0.15, 0.2) is 0 Å². The zero-order valence-electron chi connectivity index (χ0n) is 11.7. The van der Waals surface area contributed by atoms with Crippen molar-refractivity contribution >= 4 is 11.6 Å². The lowest BCUT2D eigenvalue weighted by Gasteiger charge is -2.22. The van der Waals surface area contributed by atoms with Crippen LogP contribution in [0.4, 0.5) is 0 Å². The van der Waals surface area contributed by atoms with Crippen LogP contribution < -0.4 is 5.32 Å². The van der Waals surface area contributed by atoms with Crippen LogP contribution in [-0.4, -0.2) is 17.6 Å². The van der Waals surface area contributed by atoms with E-state index in [1.807, 2.05) is 12.3 Å². The first kappa shape index (κ1) is 15.5. The summed E-state index contributed by atoms with van der Waals surface area (Å²) in [4.78, 5) is 4.04. The molecule has 0 aliphatic rings. The topological polar surface area (TPSA) is 24.9 Å². The average Bonchev–Trinajstić information content (AvgIpc) is 2.38. The lowest BCUT2D eigenvalue weighted by Crippen LogP contribution is -2.33. The minimum absolute atomic E-state index is 0.514. The molecule has 0 saturated carbocycles. The summed E-state index contributed by atoms with van der Waals surface area (Å²) < 4.78 is 0. The molecule has 0 bridgehead atoms. The molecular weight excluding hydrogens is 244 g/mol. The number of nitrogens with zero attached hydrogens (tertiary/aromatic N) is 1. The molecule has 0 aliphatic heterocycles. The molecule has 1 rings (SSSR count). The van der Waals surface area contributed by atoms with Crippen molar-refractivity contribution in [2.45, 2.75) is 52.5 Å². The van der Waals surface area contributed by atoms with E-state index in [2.05, 4.69) is 31.1 Å². The third-order valence-corrected chi connectivity index (χ3v) is 3.73. The number of halogens is 1. The third kappa shape index (κ3) is 5.36. The molecule has 0 fully saturated rings. The van der Waals surface area contributed by atoms with Gasteiger partial charge >= 0.3 is 0 Å². The Morgan fingerprint density at radius 1 is 1.39 bits per heavy atom. The van der Waals surface area contributed by atoms with Gasteiger partial charge in [-0.1, -0.05) is 38.8 Å². The van der Waals surface area contributed by atoms with E-state index in [1.54, 1.807) is 6.20 Å². The van der Waals surface area contributed by atoms with Crippen LogP contribution >= 0.6 is 11.6 Å². The maximum Gasteiger partial charge on any atom is 0.0621 e. The molecule has 3 heteroatoms. The Bertz CT molecular complexity index is 341. The van der Waals surface area contributed by atoms with Crippen molar-refractivity contribution in [1.29, 1.82) is 0 Å². The maximum absolute atomic E-state index is 6.18. The van der Waals surface area contributed by atoms with Crippen molar-refractivity contribution in [3.05, 3.63) is 29.0 Å². The van der Waals surface area contributed by atoms with Crippen LogP contribution in [0, 0.1) is 5.92 Å². The summed E-state index contributed by atoms with van der Waals surface area (Å²) in [6.07, 6.45) is 8.15. The van der Waals surface area contributed by atoms with Crippen LogP contribution in [-0.2, 0) is 6.42 Å². The standard InChI is InChI=1S/C15H25ClN2/c1-4-7-18-14(9-12(3)5-2)10-13-6-8-17-11-15(13)16/h6,8,11-12,14,18H,4-5,7,9-10H2,1-3H3. The van der Waals surface area contributed by atoms with Gasteiger partial charge < -0.3 is 5.32 Å². The molecule has 1 N–H and O–H groups in total. The molecule has 1 aromatic heterocycles. The summed E-state index contributed by atoms with van der Waals surface area (Å²) in [5.74, 6) is 0.750. The Morgan fingerprint density at radius 2 is 2.17 bits per heavy atom. The fraction of sp³-hybridized carbons (Fsp3) is 0.667. The molecule has 1 aromatic rings. The Balaban J connectivity index is 2.62. The lowest BCUT2D eigenvalue weighted by atomic mass is 9.95. The predicted molar refractivity (Wildman–Crippen MR) is 79.1 cm³/mol. The van der Waals surface area contributed by atoms with Crippen molar-refractivity contribution in [2.24, 2.45) is 5.92 Å². The molecule has 102 valence electrons. The Kier molecular flexibility index (Phi) is 7.29. The zero-order chi connectivity index (χ0) is 13.4. The van der Waals surface area contributed by atoms with Gasteiger partial charge in [0, 0.05) is 18.4 Å². The van der Waals surface area contributed by atoms with Gasteiger partial charge in [-0.3, -0.25) is 4.98 Å². The van der Waals surface area contributed by atoms with Crippen molar-refractivity contribution in [1.82, 2.24) is 10.3 Å². The van der Waals surface area contributed by atoms with Crippen LogP contribution in [0.1, 0.15) is 45.6 Å². The normalized spacial score (nSPS) is 14.4. The number of nitrogens with one attached hydrogen (secondary N) is 1. The molecule has 0 aromatic carbocycles. The van der Waals surface area contributed by atoms with E-state index >= 15 is 0 Å². The van der Waals surface area contributed by atoms with Gasteiger partial charge in [0.25, 0.3) is 0 Å². The van der Waals surface area contributed by atoms with Gasteiger partial charge in [-0.15, -0.1) is 0 Å². The highest BCUT2D eigenvalue weighted by molar-refractivity contribution is 6.31. The van der Waals surface area contributed by atoms with Gasteiger partial charge in [0.1, 0.15) is 0 Å². The highest BCUT2D eigenvalue weighted by Crippen LogP contribution is 2.19. The molecule has 2 unspecified atom stereocenters. The molecule has 1 heterocycles. The van der Waals surface area contributed by atoms with Crippen molar-refractivity contribution in [3.8, 4) is 0 Å². The number of rotatable bonds is 8. The SMILES string of the molecule is CCCNC(Cc1ccncc1Cl)CC(C)CC. The molecule has 0 aliphatic carbocycles. The van der Waals surface area contributed by atoms with Crippen LogP contribution in [0.5, 0.6) is 0 Å². The second kappa shape index (κ2) is 8.49. The third-order valence-electron chi connectivity index (χ3n) is 3.39. The smallest absolute Gasteiger partial charge is 0.0621 e. The van der Waals surface area contributed by atoms with Crippen LogP contribution in [0.15, 0.2) is 18.5 Å². The predicted octanol–water partition coefficient (Wildman–Crippen LogP) is 4.08. The van der Waals surface area contributed by atoms with E-state index < -0.39 is 0 Å². The molecule has 2 nitrogen and oxygen atoms in total. The van der Waals surface area contributed by atoms with Crippen molar-refractivity contribution < 1.29 is 0 Å². The second-order valence-corrected chi connectivity index (χ2v) is 5.48. The fourth-order valence-electron chi connectivity index (χ4n) is 2.07. The fourth-order valence-corrected chi connectivity index (χ4v) is 2.27. The average molecular weight is 269 g/mol. The zero-order valence-corrected chi connectivity index (χ0v) is 12.5. The minimum Gasteiger partial charge on any atom is -0.314 e. The summed E-state index contributed by atoms with van der Waals surface area (Å²) in [6, 6.07) is 2.54. The van der Waals surface area contributed by atoms with Gasteiger partial charge in [0.05, 0.1) is 5.02 Å².